The van der Waals surface area contributed by atoms with Gasteiger partial charge in [-0.2, -0.15) is 4.99 Å². The van der Waals surface area contributed by atoms with Crippen molar-refractivity contribution in [2.45, 2.75) is 20.8 Å². The fraction of sp³-hybridized carbons (Fsp3) is 0.150. The first-order valence-corrected chi connectivity index (χ1v) is 9.27. The minimum Gasteiger partial charge on any atom is -0.318 e. The van der Waals surface area contributed by atoms with E-state index in [2.05, 4.69) is 4.99 Å². The first-order valence-electron chi connectivity index (χ1n) is 8.39. The largest absolute Gasteiger partial charge is 0.318 e. The van der Waals surface area contributed by atoms with Crippen molar-refractivity contribution in [2.75, 3.05) is 0 Å². The first-order chi connectivity index (χ1) is 12.9. The van der Waals surface area contributed by atoms with E-state index in [1.807, 2.05) is 42.9 Å². The zero-order chi connectivity index (χ0) is 19.3. The van der Waals surface area contributed by atoms with Crippen LogP contribution in [-0.4, -0.2) is 26.4 Å². The Hall–Kier alpha value is -2.93. The van der Waals surface area contributed by atoms with Crippen LogP contribution in [0.5, 0.6) is 0 Å². The van der Waals surface area contributed by atoms with E-state index in [-0.39, 0.29) is 17.2 Å². The number of fused-ring (bicyclic) bond motifs is 1. The van der Waals surface area contributed by atoms with Crippen molar-refractivity contribution in [2.24, 2.45) is 4.99 Å². The summed E-state index contributed by atoms with van der Waals surface area (Å²) in [6.07, 6.45) is 1.69. The van der Waals surface area contributed by atoms with Crippen molar-refractivity contribution in [1.82, 2.24) is 9.47 Å². The standard InChI is InChI=1S/C20H17FN4OS/c1-11-7-14(13(3)24(11)16-6-4-5-15(21)9-16)8-17-18(22)25-12(2)10-27-20(25)23-19(17)26/h4-10,22H,1-3H3/b17-8-,22-18?. The molecule has 4 rings (SSSR count). The summed E-state index contributed by atoms with van der Waals surface area (Å²) in [5, 5.41) is 10.8. The summed E-state index contributed by atoms with van der Waals surface area (Å²) in [4.78, 5) is 18.2. The maximum absolute atomic E-state index is 13.6. The molecule has 0 aliphatic carbocycles. The first kappa shape index (κ1) is 17.5. The molecule has 136 valence electrons. The molecule has 0 bridgehead atoms. The van der Waals surface area contributed by atoms with Crippen molar-refractivity contribution in [3.63, 3.8) is 0 Å². The number of carbonyl (C=O) groups excluding carboxylic acids is 1. The lowest BCUT2D eigenvalue weighted by atomic mass is 10.1. The summed E-state index contributed by atoms with van der Waals surface area (Å²) in [7, 11) is 0. The van der Waals surface area contributed by atoms with Crippen molar-refractivity contribution in [3.8, 4) is 5.69 Å². The normalized spacial score (nSPS) is 18.1. The molecule has 0 saturated heterocycles. The van der Waals surface area contributed by atoms with Crippen LogP contribution in [0.25, 0.3) is 11.8 Å². The monoisotopic (exact) mass is 380 g/mol. The van der Waals surface area contributed by atoms with Crippen LogP contribution in [0.3, 0.4) is 0 Å². The number of benzene rings is 1. The summed E-state index contributed by atoms with van der Waals surface area (Å²) in [6.45, 7) is 5.72. The lowest BCUT2D eigenvalue weighted by Crippen LogP contribution is -2.37. The average molecular weight is 380 g/mol. The molecule has 5 nitrogen and oxygen atoms in total. The summed E-state index contributed by atoms with van der Waals surface area (Å²) in [6, 6.07) is 8.30. The Morgan fingerprint density at radius 1 is 1.22 bits per heavy atom. The Morgan fingerprint density at radius 3 is 2.74 bits per heavy atom. The number of hydrogen-bond donors (Lipinski definition) is 1. The molecule has 0 atom stereocenters. The molecule has 27 heavy (non-hydrogen) atoms. The second-order valence-corrected chi connectivity index (χ2v) is 7.30. The van der Waals surface area contributed by atoms with E-state index in [0.717, 1.165) is 28.3 Å². The molecule has 2 aliphatic rings. The van der Waals surface area contributed by atoms with E-state index in [1.165, 1.54) is 23.9 Å². The van der Waals surface area contributed by atoms with Crippen molar-refractivity contribution in [3.05, 3.63) is 69.8 Å². The van der Waals surface area contributed by atoms with E-state index in [4.69, 9.17) is 5.41 Å². The quantitative estimate of drug-likeness (QED) is 0.786. The lowest BCUT2D eigenvalue weighted by Gasteiger charge is -2.25. The average Bonchev–Trinajstić information content (AvgIpc) is 3.11. The number of carbonyl (C=O) groups is 1. The Balaban J connectivity index is 1.79. The number of amides is 1. The van der Waals surface area contributed by atoms with Gasteiger partial charge in [0.1, 0.15) is 11.7 Å². The van der Waals surface area contributed by atoms with Gasteiger partial charge in [-0.05, 0) is 62.1 Å². The SMILES string of the molecule is CC1=CSC2=NC(=O)/C(=C\c3cc(C)n(-c4cccc(F)c4)c3C)C(=N)N12. The third kappa shape index (κ3) is 2.84. The third-order valence-corrected chi connectivity index (χ3v) is 5.57. The van der Waals surface area contributed by atoms with Crippen LogP contribution >= 0.6 is 11.8 Å². The molecule has 0 spiro atoms. The van der Waals surface area contributed by atoms with Gasteiger partial charge < -0.3 is 4.57 Å². The highest BCUT2D eigenvalue weighted by Gasteiger charge is 2.34. The highest BCUT2D eigenvalue weighted by Crippen LogP contribution is 2.32. The van der Waals surface area contributed by atoms with Gasteiger partial charge in [0, 0.05) is 22.8 Å². The van der Waals surface area contributed by atoms with Gasteiger partial charge in [-0.1, -0.05) is 17.8 Å². The molecule has 2 aromatic rings. The van der Waals surface area contributed by atoms with Crippen molar-refractivity contribution < 1.29 is 9.18 Å². The topological polar surface area (TPSA) is 61.5 Å². The van der Waals surface area contributed by atoms with E-state index in [0.29, 0.717) is 5.17 Å². The molecule has 0 unspecified atom stereocenters. The van der Waals surface area contributed by atoms with E-state index < -0.39 is 5.91 Å². The Kier molecular flexibility index (Phi) is 4.11. The van der Waals surface area contributed by atoms with Crippen LogP contribution in [0.2, 0.25) is 0 Å². The molecule has 1 aromatic heterocycles. The number of nitrogens with one attached hydrogen (secondary N) is 1. The smallest absolute Gasteiger partial charge is 0.283 e. The predicted molar refractivity (Wildman–Crippen MR) is 107 cm³/mol. The van der Waals surface area contributed by atoms with Gasteiger partial charge in [0.15, 0.2) is 5.17 Å². The summed E-state index contributed by atoms with van der Waals surface area (Å²) in [5.74, 6) is -0.600. The zero-order valence-electron chi connectivity index (χ0n) is 15.1. The minimum atomic E-state index is -0.419. The van der Waals surface area contributed by atoms with Crippen LogP contribution in [-0.2, 0) is 4.79 Å². The van der Waals surface area contributed by atoms with E-state index in [9.17, 15) is 9.18 Å². The Morgan fingerprint density at radius 2 is 2.00 bits per heavy atom. The maximum Gasteiger partial charge on any atom is 0.283 e. The summed E-state index contributed by atoms with van der Waals surface area (Å²) in [5.41, 5.74) is 4.41. The minimum absolute atomic E-state index is 0.124. The van der Waals surface area contributed by atoms with Gasteiger partial charge in [-0.25, -0.2) is 4.39 Å². The molecule has 1 N–H and O–H groups in total. The molecule has 7 heteroatoms. The maximum atomic E-state index is 13.6. The number of halogens is 1. The lowest BCUT2D eigenvalue weighted by molar-refractivity contribution is -0.114. The zero-order valence-corrected chi connectivity index (χ0v) is 15.9. The van der Waals surface area contributed by atoms with Crippen molar-refractivity contribution in [1.29, 1.82) is 5.41 Å². The van der Waals surface area contributed by atoms with Crippen LogP contribution in [0.4, 0.5) is 4.39 Å². The second-order valence-electron chi connectivity index (χ2n) is 6.46. The summed E-state index contributed by atoms with van der Waals surface area (Å²) >= 11 is 1.34. The Labute approximate surface area is 160 Å². The van der Waals surface area contributed by atoms with Crippen LogP contribution in [0.1, 0.15) is 23.9 Å². The van der Waals surface area contributed by atoms with Crippen LogP contribution in [0.15, 0.2) is 52.0 Å². The molecule has 1 amide bonds. The van der Waals surface area contributed by atoms with Crippen LogP contribution < -0.4 is 0 Å². The molecular weight excluding hydrogens is 363 g/mol. The number of amidine groups is 2. The number of hydrogen-bond acceptors (Lipinski definition) is 3. The highest BCUT2D eigenvalue weighted by molar-refractivity contribution is 8.16. The second kappa shape index (κ2) is 6.35. The molecule has 0 saturated carbocycles. The molecule has 0 fully saturated rings. The van der Waals surface area contributed by atoms with Crippen molar-refractivity contribution >= 4 is 34.7 Å². The fourth-order valence-corrected chi connectivity index (χ4v) is 4.20. The van der Waals surface area contributed by atoms with Crippen LogP contribution in [0, 0.1) is 25.1 Å². The fourth-order valence-electron chi connectivity index (χ4n) is 3.34. The molecule has 2 aliphatic heterocycles. The molecule has 3 heterocycles. The predicted octanol–water partition coefficient (Wildman–Crippen LogP) is 4.40. The van der Waals surface area contributed by atoms with E-state index in [1.54, 1.807) is 17.0 Å². The number of thioether (sulfide) groups is 1. The van der Waals surface area contributed by atoms with Gasteiger partial charge in [0.25, 0.3) is 5.91 Å². The number of nitrogens with zero attached hydrogens (tertiary/aromatic N) is 3. The van der Waals surface area contributed by atoms with Gasteiger partial charge in [-0.3, -0.25) is 15.1 Å². The number of aliphatic imine (C=N–C) groups is 1. The van der Waals surface area contributed by atoms with Gasteiger partial charge in [-0.15, -0.1) is 0 Å². The number of aryl methyl sites for hydroxylation is 1. The van der Waals surface area contributed by atoms with Gasteiger partial charge in [0.2, 0.25) is 0 Å². The molecule has 1 aromatic carbocycles. The Bertz CT molecular complexity index is 1090. The van der Waals surface area contributed by atoms with Gasteiger partial charge in [0.05, 0.1) is 5.57 Å². The van der Waals surface area contributed by atoms with E-state index >= 15 is 0 Å². The number of aromatic nitrogens is 1. The number of allylic oxidation sites excluding steroid dienone is 1. The molecule has 0 radical (unpaired) electrons. The van der Waals surface area contributed by atoms with Gasteiger partial charge >= 0.3 is 0 Å². The summed E-state index contributed by atoms with van der Waals surface area (Å²) < 4.78 is 15.6. The number of rotatable bonds is 2. The molecular formula is C20H17FN4OS. The highest BCUT2D eigenvalue weighted by atomic mass is 32.2. The third-order valence-electron chi connectivity index (χ3n) is 4.62.